The van der Waals surface area contributed by atoms with E-state index in [0.29, 0.717) is 5.41 Å². The van der Waals surface area contributed by atoms with E-state index in [9.17, 15) is 5.11 Å². The van der Waals surface area contributed by atoms with Crippen LogP contribution in [0.1, 0.15) is 44.9 Å². The second-order valence-corrected chi connectivity index (χ2v) is 7.57. The van der Waals surface area contributed by atoms with Gasteiger partial charge in [-0.15, -0.1) is 0 Å². The fourth-order valence-electron chi connectivity index (χ4n) is 4.56. The molecule has 0 aromatic carbocycles. The molecule has 4 nitrogen and oxygen atoms in total. The predicted molar refractivity (Wildman–Crippen MR) is 86.5 cm³/mol. The molecule has 1 atom stereocenters. The van der Waals surface area contributed by atoms with Crippen molar-refractivity contribution in [2.75, 3.05) is 52.4 Å². The molecule has 3 rings (SSSR count). The lowest BCUT2D eigenvalue weighted by Crippen LogP contribution is -2.49. The molecule has 3 aliphatic rings. The summed E-state index contributed by atoms with van der Waals surface area (Å²) in [6.45, 7) is 8.44. The number of aliphatic hydroxyl groups excluding tert-OH is 1. The van der Waals surface area contributed by atoms with Gasteiger partial charge in [-0.25, -0.2) is 0 Å². The van der Waals surface area contributed by atoms with Gasteiger partial charge in [-0.2, -0.15) is 0 Å². The summed E-state index contributed by atoms with van der Waals surface area (Å²) in [6, 6.07) is 0. The molecule has 2 N–H and O–H groups in total. The number of nitrogens with one attached hydrogen (secondary N) is 1. The van der Waals surface area contributed by atoms with Gasteiger partial charge in [0.25, 0.3) is 0 Å². The van der Waals surface area contributed by atoms with Crippen molar-refractivity contribution < 1.29 is 5.11 Å². The lowest BCUT2D eigenvalue weighted by atomic mass is 9.68. The van der Waals surface area contributed by atoms with Gasteiger partial charge >= 0.3 is 0 Å². The first-order valence-corrected chi connectivity index (χ1v) is 9.09. The number of rotatable bonds is 4. The highest BCUT2D eigenvalue weighted by Gasteiger charge is 2.35. The highest BCUT2D eigenvalue weighted by atomic mass is 16.3. The highest BCUT2D eigenvalue weighted by molar-refractivity contribution is 4.89. The number of hydrogen-bond acceptors (Lipinski definition) is 4. The van der Waals surface area contributed by atoms with Crippen LogP contribution in [-0.2, 0) is 0 Å². The first-order valence-electron chi connectivity index (χ1n) is 9.09. The average Bonchev–Trinajstić information content (AvgIpc) is 2.52. The van der Waals surface area contributed by atoms with Crippen LogP contribution >= 0.6 is 0 Å². The van der Waals surface area contributed by atoms with Crippen LogP contribution in [0.25, 0.3) is 0 Å². The number of piperazine rings is 1. The summed E-state index contributed by atoms with van der Waals surface area (Å²) >= 11 is 0. The largest absolute Gasteiger partial charge is 0.390 e. The van der Waals surface area contributed by atoms with Crippen molar-refractivity contribution in [3.05, 3.63) is 0 Å². The molecular formula is C17H33N3O. The third-order valence-electron chi connectivity index (χ3n) is 5.98. The predicted octanol–water partition coefficient (Wildman–Crippen LogP) is 1.30. The fourth-order valence-corrected chi connectivity index (χ4v) is 4.56. The van der Waals surface area contributed by atoms with Crippen molar-refractivity contribution >= 4 is 0 Å². The number of β-amino-alcohol motifs (C(OH)–C–C–N with tert-alkyl or cyclic N) is 1. The molecular weight excluding hydrogens is 262 g/mol. The maximum atomic E-state index is 10.4. The Kier molecular flexibility index (Phi) is 5.54. The molecule has 1 aliphatic carbocycles. The zero-order chi connectivity index (χ0) is 14.5. The van der Waals surface area contributed by atoms with Crippen LogP contribution in [0.4, 0.5) is 0 Å². The molecule has 1 saturated carbocycles. The first-order chi connectivity index (χ1) is 10.3. The number of piperidine rings is 1. The summed E-state index contributed by atoms with van der Waals surface area (Å²) in [4.78, 5) is 4.90. The van der Waals surface area contributed by atoms with E-state index in [-0.39, 0.29) is 6.10 Å². The van der Waals surface area contributed by atoms with Crippen LogP contribution in [0.2, 0.25) is 0 Å². The van der Waals surface area contributed by atoms with Gasteiger partial charge in [-0.3, -0.25) is 4.90 Å². The van der Waals surface area contributed by atoms with Crippen molar-refractivity contribution in [3.8, 4) is 0 Å². The standard InChI is InChI=1S/C17H33N3O/c21-16(15-20-12-8-18-9-13-20)14-19-10-6-17(7-11-19)4-2-1-3-5-17/h16,18,21H,1-15H2. The fraction of sp³-hybridized carbons (Fsp3) is 1.00. The smallest absolute Gasteiger partial charge is 0.0793 e. The molecule has 122 valence electrons. The molecule has 3 fully saturated rings. The van der Waals surface area contributed by atoms with Gasteiger partial charge in [0.2, 0.25) is 0 Å². The van der Waals surface area contributed by atoms with Crippen LogP contribution in [0.5, 0.6) is 0 Å². The van der Waals surface area contributed by atoms with Gasteiger partial charge in [-0.1, -0.05) is 19.3 Å². The molecule has 1 spiro atoms. The van der Waals surface area contributed by atoms with E-state index in [1.54, 1.807) is 0 Å². The van der Waals surface area contributed by atoms with Gasteiger partial charge < -0.3 is 15.3 Å². The Labute approximate surface area is 129 Å². The van der Waals surface area contributed by atoms with E-state index in [1.807, 2.05) is 0 Å². The van der Waals surface area contributed by atoms with E-state index in [0.717, 1.165) is 39.3 Å². The normalized spacial score (nSPS) is 29.6. The third-order valence-corrected chi connectivity index (χ3v) is 5.98. The molecule has 1 unspecified atom stereocenters. The number of hydrogen-bond donors (Lipinski definition) is 2. The number of aliphatic hydroxyl groups is 1. The van der Waals surface area contributed by atoms with Crippen molar-refractivity contribution in [3.63, 3.8) is 0 Å². The molecule has 21 heavy (non-hydrogen) atoms. The maximum Gasteiger partial charge on any atom is 0.0793 e. The molecule has 2 aliphatic heterocycles. The van der Waals surface area contributed by atoms with Gasteiger partial charge in [0.15, 0.2) is 0 Å². The van der Waals surface area contributed by atoms with E-state index in [2.05, 4.69) is 15.1 Å². The minimum Gasteiger partial charge on any atom is -0.390 e. The van der Waals surface area contributed by atoms with Gasteiger partial charge in [0.05, 0.1) is 6.10 Å². The minimum absolute atomic E-state index is 0.177. The van der Waals surface area contributed by atoms with Gasteiger partial charge in [-0.05, 0) is 44.2 Å². The third kappa shape index (κ3) is 4.41. The topological polar surface area (TPSA) is 38.7 Å². The highest BCUT2D eigenvalue weighted by Crippen LogP contribution is 2.44. The molecule has 0 amide bonds. The number of nitrogens with zero attached hydrogens (tertiary/aromatic N) is 2. The van der Waals surface area contributed by atoms with Crippen molar-refractivity contribution in [1.29, 1.82) is 0 Å². The van der Waals surface area contributed by atoms with E-state index in [4.69, 9.17) is 0 Å². The van der Waals surface area contributed by atoms with E-state index >= 15 is 0 Å². The summed E-state index contributed by atoms with van der Waals surface area (Å²) in [7, 11) is 0. The Bertz CT molecular complexity index is 301. The molecule has 0 aromatic rings. The van der Waals surface area contributed by atoms with Crippen LogP contribution in [0, 0.1) is 5.41 Å². The summed E-state index contributed by atoms with van der Waals surface area (Å²) in [5.74, 6) is 0. The zero-order valence-corrected chi connectivity index (χ0v) is 13.5. The summed E-state index contributed by atoms with van der Waals surface area (Å²) in [6.07, 6.45) is 9.84. The van der Waals surface area contributed by atoms with Crippen molar-refractivity contribution in [2.24, 2.45) is 5.41 Å². The van der Waals surface area contributed by atoms with E-state index in [1.165, 1.54) is 58.0 Å². The second kappa shape index (κ2) is 7.40. The average molecular weight is 295 g/mol. The maximum absolute atomic E-state index is 10.4. The minimum atomic E-state index is -0.177. The Hall–Kier alpha value is -0.160. The van der Waals surface area contributed by atoms with Crippen molar-refractivity contribution in [1.82, 2.24) is 15.1 Å². The first kappa shape index (κ1) is 15.7. The van der Waals surface area contributed by atoms with Crippen molar-refractivity contribution in [2.45, 2.75) is 51.0 Å². The Balaban J connectivity index is 1.38. The molecule has 0 bridgehead atoms. The Morgan fingerprint density at radius 3 is 2.00 bits per heavy atom. The summed E-state index contributed by atoms with van der Waals surface area (Å²) < 4.78 is 0. The molecule has 4 heteroatoms. The lowest BCUT2D eigenvalue weighted by Gasteiger charge is -2.45. The molecule has 2 heterocycles. The van der Waals surface area contributed by atoms with Crippen LogP contribution in [0.3, 0.4) is 0 Å². The summed E-state index contributed by atoms with van der Waals surface area (Å²) in [5, 5.41) is 13.7. The SMILES string of the molecule is OC(CN1CCNCC1)CN1CCC2(CCCCC2)CC1. The molecule has 0 aromatic heterocycles. The quantitative estimate of drug-likeness (QED) is 0.820. The molecule has 0 radical (unpaired) electrons. The van der Waals surface area contributed by atoms with Crippen LogP contribution < -0.4 is 5.32 Å². The Morgan fingerprint density at radius 2 is 1.38 bits per heavy atom. The molecule has 2 saturated heterocycles. The zero-order valence-electron chi connectivity index (χ0n) is 13.5. The monoisotopic (exact) mass is 295 g/mol. The van der Waals surface area contributed by atoms with E-state index < -0.39 is 0 Å². The van der Waals surface area contributed by atoms with Crippen LogP contribution in [0.15, 0.2) is 0 Å². The Morgan fingerprint density at radius 1 is 0.810 bits per heavy atom. The van der Waals surface area contributed by atoms with Gasteiger partial charge in [0, 0.05) is 39.3 Å². The van der Waals surface area contributed by atoms with Crippen LogP contribution in [-0.4, -0.2) is 73.4 Å². The number of likely N-dealkylation sites (tertiary alicyclic amines) is 1. The van der Waals surface area contributed by atoms with Gasteiger partial charge in [0.1, 0.15) is 0 Å². The summed E-state index contributed by atoms with van der Waals surface area (Å²) in [5.41, 5.74) is 0.679. The lowest BCUT2D eigenvalue weighted by molar-refractivity contribution is 0.0254. The second-order valence-electron chi connectivity index (χ2n) is 7.57.